The Morgan fingerprint density at radius 1 is 1.18 bits per heavy atom. The van der Waals surface area contributed by atoms with Crippen molar-refractivity contribution in [2.75, 3.05) is 19.6 Å². The van der Waals surface area contributed by atoms with E-state index in [0.29, 0.717) is 17.9 Å². The van der Waals surface area contributed by atoms with Gasteiger partial charge in [-0.2, -0.15) is 0 Å². The highest BCUT2D eigenvalue weighted by Gasteiger charge is 2.38. The van der Waals surface area contributed by atoms with E-state index in [9.17, 15) is 14.7 Å². The van der Waals surface area contributed by atoms with Gasteiger partial charge in [0.1, 0.15) is 11.3 Å². The smallest absolute Gasteiger partial charge is 0.271 e. The molecular weight excluding hydrogens is 418 g/mol. The summed E-state index contributed by atoms with van der Waals surface area (Å²) in [7, 11) is 0. The highest BCUT2D eigenvalue weighted by atomic mass is 16.3. The van der Waals surface area contributed by atoms with Gasteiger partial charge in [-0.3, -0.25) is 19.0 Å². The molecule has 3 aromatic heterocycles. The van der Waals surface area contributed by atoms with Crippen molar-refractivity contribution < 1.29 is 14.7 Å². The zero-order chi connectivity index (χ0) is 23.3. The Balaban J connectivity index is 1.68. The second-order valence-corrected chi connectivity index (χ2v) is 8.96. The molecule has 4 rings (SSSR count). The number of amides is 2. The molecule has 0 saturated heterocycles. The summed E-state index contributed by atoms with van der Waals surface area (Å²) in [6, 6.07) is 9.41. The molecule has 2 amide bonds. The molecule has 0 aliphatic heterocycles. The van der Waals surface area contributed by atoms with Gasteiger partial charge in [-0.25, -0.2) is 4.98 Å². The highest BCUT2D eigenvalue weighted by Crippen LogP contribution is 2.40. The molecule has 1 fully saturated rings. The molecule has 0 radical (unpaired) electrons. The summed E-state index contributed by atoms with van der Waals surface area (Å²) in [5.41, 5.74) is 1.99. The van der Waals surface area contributed by atoms with Gasteiger partial charge in [-0.15, -0.1) is 0 Å². The van der Waals surface area contributed by atoms with Gasteiger partial charge in [0.25, 0.3) is 5.91 Å². The first kappa shape index (κ1) is 22.9. The van der Waals surface area contributed by atoms with Crippen LogP contribution in [0.2, 0.25) is 0 Å². The lowest BCUT2D eigenvalue weighted by molar-refractivity contribution is -0.122. The number of aromatic nitrogens is 3. The zero-order valence-corrected chi connectivity index (χ0v) is 19.0. The second-order valence-electron chi connectivity index (χ2n) is 8.96. The number of pyridine rings is 2. The number of aliphatic hydroxyl groups is 1. The maximum atomic E-state index is 13.8. The summed E-state index contributed by atoms with van der Waals surface area (Å²) < 4.78 is 1.75. The Morgan fingerprint density at radius 3 is 2.73 bits per heavy atom. The first-order valence-corrected chi connectivity index (χ1v) is 11.6. The molecule has 8 heteroatoms. The SMILES string of the molecule is CC(O)CNC(=O)CN(CC1(c2cccnc2)CCCCC1)C(=O)c1cccc2nccn12. The molecule has 1 aliphatic rings. The largest absolute Gasteiger partial charge is 0.392 e. The number of carbonyl (C=O) groups excluding carboxylic acids is 2. The quantitative estimate of drug-likeness (QED) is 0.551. The summed E-state index contributed by atoms with van der Waals surface area (Å²) in [4.78, 5) is 36.8. The molecule has 3 aromatic rings. The van der Waals surface area contributed by atoms with E-state index in [1.54, 1.807) is 46.9 Å². The standard InChI is InChI=1S/C25H31N5O3/c1-19(31)15-28-23(32)17-29(24(33)21-8-5-9-22-27-13-14-30(21)22)18-25(10-3-2-4-11-25)20-7-6-12-26-16-20/h5-9,12-14,16,19,31H,2-4,10-11,15,17-18H2,1H3,(H,28,32). The van der Waals surface area contributed by atoms with Gasteiger partial charge in [0.2, 0.25) is 5.91 Å². The second kappa shape index (κ2) is 10.1. The molecular formula is C25H31N5O3. The molecule has 1 saturated carbocycles. The van der Waals surface area contributed by atoms with Gasteiger partial charge < -0.3 is 15.3 Å². The van der Waals surface area contributed by atoms with Crippen LogP contribution in [-0.4, -0.2) is 61.9 Å². The van der Waals surface area contributed by atoms with Gasteiger partial charge in [0.05, 0.1) is 12.6 Å². The third-order valence-electron chi connectivity index (χ3n) is 6.44. The van der Waals surface area contributed by atoms with Crippen molar-refractivity contribution in [1.82, 2.24) is 24.6 Å². The van der Waals surface area contributed by atoms with Crippen molar-refractivity contribution in [3.05, 3.63) is 66.4 Å². The fourth-order valence-electron chi connectivity index (χ4n) is 4.78. The van der Waals surface area contributed by atoms with E-state index in [1.807, 2.05) is 18.3 Å². The van der Waals surface area contributed by atoms with E-state index in [4.69, 9.17) is 0 Å². The monoisotopic (exact) mass is 449 g/mol. The minimum atomic E-state index is -0.655. The maximum Gasteiger partial charge on any atom is 0.271 e. The molecule has 1 atom stereocenters. The number of carbonyl (C=O) groups is 2. The molecule has 2 N–H and O–H groups in total. The van der Waals surface area contributed by atoms with Crippen LogP contribution < -0.4 is 5.32 Å². The lowest BCUT2D eigenvalue weighted by Crippen LogP contribution is -2.49. The summed E-state index contributed by atoms with van der Waals surface area (Å²) >= 11 is 0. The van der Waals surface area contributed by atoms with E-state index >= 15 is 0 Å². The van der Waals surface area contributed by atoms with Crippen LogP contribution in [0.25, 0.3) is 5.65 Å². The molecule has 174 valence electrons. The Labute approximate surface area is 193 Å². The lowest BCUT2D eigenvalue weighted by atomic mass is 9.69. The molecule has 8 nitrogen and oxygen atoms in total. The lowest BCUT2D eigenvalue weighted by Gasteiger charge is -2.41. The Bertz CT molecular complexity index is 1090. The molecule has 0 bridgehead atoms. The van der Waals surface area contributed by atoms with Crippen LogP contribution in [0.1, 0.15) is 55.1 Å². The Morgan fingerprint density at radius 2 is 2.00 bits per heavy atom. The minimum absolute atomic E-state index is 0.0847. The average molecular weight is 450 g/mol. The number of hydrogen-bond acceptors (Lipinski definition) is 5. The van der Waals surface area contributed by atoms with Crippen molar-refractivity contribution >= 4 is 17.5 Å². The first-order valence-electron chi connectivity index (χ1n) is 11.6. The Kier molecular flexibility index (Phi) is 7.03. The molecule has 0 spiro atoms. The van der Waals surface area contributed by atoms with Crippen LogP contribution in [0.15, 0.2) is 55.1 Å². The summed E-state index contributed by atoms with van der Waals surface area (Å²) in [6.07, 6.45) is 11.6. The summed E-state index contributed by atoms with van der Waals surface area (Å²) in [5.74, 6) is -0.515. The summed E-state index contributed by atoms with van der Waals surface area (Å²) in [5, 5.41) is 12.3. The van der Waals surface area contributed by atoms with E-state index < -0.39 is 6.10 Å². The third-order valence-corrected chi connectivity index (χ3v) is 6.44. The predicted octanol–water partition coefficient (Wildman–Crippen LogP) is 2.57. The molecule has 1 unspecified atom stereocenters. The van der Waals surface area contributed by atoms with Gasteiger partial charge in [0.15, 0.2) is 0 Å². The van der Waals surface area contributed by atoms with Crippen LogP contribution >= 0.6 is 0 Å². The number of fused-ring (bicyclic) bond motifs is 1. The topological polar surface area (TPSA) is 99.8 Å². The molecule has 3 heterocycles. The average Bonchev–Trinajstić information content (AvgIpc) is 3.32. The van der Waals surface area contributed by atoms with E-state index in [1.165, 1.54) is 6.42 Å². The predicted molar refractivity (Wildman–Crippen MR) is 125 cm³/mol. The summed E-state index contributed by atoms with van der Waals surface area (Å²) in [6.45, 7) is 2.09. The van der Waals surface area contributed by atoms with Crippen molar-refractivity contribution in [2.24, 2.45) is 0 Å². The maximum absolute atomic E-state index is 13.8. The minimum Gasteiger partial charge on any atom is -0.392 e. The van der Waals surface area contributed by atoms with Crippen LogP contribution in [-0.2, 0) is 10.2 Å². The van der Waals surface area contributed by atoms with E-state index in [2.05, 4.69) is 21.4 Å². The number of rotatable bonds is 8. The van der Waals surface area contributed by atoms with Crippen LogP contribution in [0.5, 0.6) is 0 Å². The van der Waals surface area contributed by atoms with Gasteiger partial charge in [-0.1, -0.05) is 31.4 Å². The van der Waals surface area contributed by atoms with E-state index in [0.717, 1.165) is 31.2 Å². The van der Waals surface area contributed by atoms with E-state index in [-0.39, 0.29) is 30.3 Å². The fourth-order valence-corrected chi connectivity index (χ4v) is 4.78. The van der Waals surface area contributed by atoms with Crippen LogP contribution in [0.4, 0.5) is 0 Å². The van der Waals surface area contributed by atoms with Crippen molar-refractivity contribution in [2.45, 2.75) is 50.5 Å². The van der Waals surface area contributed by atoms with Crippen LogP contribution in [0.3, 0.4) is 0 Å². The number of aliphatic hydroxyl groups excluding tert-OH is 1. The molecule has 1 aliphatic carbocycles. The molecule has 33 heavy (non-hydrogen) atoms. The number of hydrogen-bond donors (Lipinski definition) is 2. The normalized spacial score (nSPS) is 16.3. The first-order chi connectivity index (χ1) is 16.0. The Hall–Kier alpha value is -3.26. The van der Waals surface area contributed by atoms with Crippen molar-refractivity contribution in [1.29, 1.82) is 0 Å². The zero-order valence-electron chi connectivity index (χ0n) is 19.0. The van der Waals surface area contributed by atoms with Crippen molar-refractivity contribution in [3.63, 3.8) is 0 Å². The number of nitrogens with zero attached hydrogens (tertiary/aromatic N) is 4. The molecule has 0 aromatic carbocycles. The number of imidazole rings is 1. The van der Waals surface area contributed by atoms with Gasteiger partial charge >= 0.3 is 0 Å². The van der Waals surface area contributed by atoms with Gasteiger partial charge in [-0.05, 0) is 43.5 Å². The number of nitrogens with one attached hydrogen (secondary N) is 1. The highest BCUT2D eigenvalue weighted by molar-refractivity contribution is 5.95. The fraction of sp³-hybridized carbons (Fsp3) is 0.440. The third kappa shape index (κ3) is 5.22. The van der Waals surface area contributed by atoms with Crippen LogP contribution in [0, 0.1) is 0 Å². The van der Waals surface area contributed by atoms with Gasteiger partial charge in [0, 0.05) is 43.3 Å². The van der Waals surface area contributed by atoms with Crippen molar-refractivity contribution in [3.8, 4) is 0 Å².